The molecule has 28 heavy (non-hydrogen) atoms. The van der Waals surface area contributed by atoms with Gasteiger partial charge < -0.3 is 19.5 Å². The molecule has 1 aromatic heterocycles. The molecule has 1 atom stereocenters. The van der Waals surface area contributed by atoms with Crippen LogP contribution in [-0.4, -0.2) is 47.4 Å². The summed E-state index contributed by atoms with van der Waals surface area (Å²) < 4.78 is 10.9. The van der Waals surface area contributed by atoms with E-state index >= 15 is 0 Å². The highest BCUT2D eigenvalue weighted by molar-refractivity contribution is 5.74. The summed E-state index contributed by atoms with van der Waals surface area (Å²) >= 11 is 0. The lowest BCUT2D eigenvalue weighted by atomic mass is 10.0. The molecule has 7 heteroatoms. The Labute approximate surface area is 165 Å². The first-order chi connectivity index (χ1) is 13.7. The van der Waals surface area contributed by atoms with E-state index in [0.717, 1.165) is 69.3 Å². The number of ether oxygens (including phenoxy) is 1. The third-order valence-electron chi connectivity index (χ3n) is 5.66. The molecule has 3 heterocycles. The number of hydrogen-bond donors (Lipinski definition) is 1. The summed E-state index contributed by atoms with van der Waals surface area (Å²) in [6.07, 6.45) is 3.62. The van der Waals surface area contributed by atoms with Crippen molar-refractivity contribution in [1.82, 2.24) is 20.4 Å². The van der Waals surface area contributed by atoms with Gasteiger partial charge in [-0.1, -0.05) is 35.0 Å². The van der Waals surface area contributed by atoms with E-state index in [1.165, 1.54) is 5.56 Å². The molecule has 2 aromatic rings. The lowest BCUT2D eigenvalue weighted by Gasteiger charge is -2.18. The number of carbonyl (C=O) groups excluding carboxylic acids is 1. The van der Waals surface area contributed by atoms with Gasteiger partial charge in [0.05, 0.1) is 0 Å². The predicted octanol–water partition coefficient (Wildman–Crippen LogP) is 3.05. The maximum Gasteiger partial charge on any atom is 0.317 e. The van der Waals surface area contributed by atoms with Gasteiger partial charge in [0.1, 0.15) is 0 Å². The normalized spacial score (nSPS) is 20.5. The van der Waals surface area contributed by atoms with Gasteiger partial charge in [-0.3, -0.25) is 0 Å². The predicted molar refractivity (Wildman–Crippen MR) is 104 cm³/mol. The standard InChI is InChI=1S/C21H28N4O3/c1-15-2-4-16(5-3-15)13-22-21(26)25-9-6-17(14-25)12-19-23-20(28-24-19)18-7-10-27-11-8-18/h2-5,17-18H,6-14H2,1H3,(H,22,26). The number of hydrogen-bond acceptors (Lipinski definition) is 5. The number of aryl methyl sites for hydroxylation is 1. The van der Waals surface area contributed by atoms with Crippen LogP contribution in [0.15, 0.2) is 28.8 Å². The van der Waals surface area contributed by atoms with E-state index < -0.39 is 0 Å². The van der Waals surface area contributed by atoms with E-state index in [9.17, 15) is 4.79 Å². The number of benzene rings is 1. The molecule has 0 saturated carbocycles. The average molecular weight is 384 g/mol. The molecule has 0 aliphatic carbocycles. The first kappa shape index (κ1) is 18.9. The van der Waals surface area contributed by atoms with E-state index in [-0.39, 0.29) is 6.03 Å². The van der Waals surface area contributed by atoms with E-state index in [1.54, 1.807) is 0 Å². The summed E-state index contributed by atoms with van der Waals surface area (Å²) in [6, 6.07) is 8.22. The molecule has 2 aliphatic heterocycles. The summed E-state index contributed by atoms with van der Waals surface area (Å²) in [5.41, 5.74) is 2.33. The Morgan fingerprint density at radius 1 is 1.21 bits per heavy atom. The molecule has 0 spiro atoms. The second-order valence-electron chi connectivity index (χ2n) is 7.88. The minimum atomic E-state index is -0.000850. The van der Waals surface area contributed by atoms with Gasteiger partial charge >= 0.3 is 6.03 Å². The summed E-state index contributed by atoms with van der Waals surface area (Å²) in [6.45, 7) is 5.65. The van der Waals surface area contributed by atoms with E-state index in [0.29, 0.717) is 18.4 Å². The van der Waals surface area contributed by atoms with Crippen LogP contribution in [0.3, 0.4) is 0 Å². The average Bonchev–Trinajstić information content (AvgIpc) is 3.38. The van der Waals surface area contributed by atoms with Gasteiger partial charge in [0.15, 0.2) is 5.82 Å². The molecule has 1 aromatic carbocycles. The van der Waals surface area contributed by atoms with Crippen molar-refractivity contribution in [2.75, 3.05) is 26.3 Å². The van der Waals surface area contributed by atoms with Crippen molar-refractivity contribution in [3.8, 4) is 0 Å². The molecule has 2 fully saturated rings. The van der Waals surface area contributed by atoms with Crippen molar-refractivity contribution in [2.24, 2.45) is 5.92 Å². The summed E-state index contributed by atoms with van der Waals surface area (Å²) in [5, 5.41) is 7.18. The fourth-order valence-corrected chi connectivity index (χ4v) is 3.90. The number of aromatic nitrogens is 2. The molecule has 150 valence electrons. The third kappa shape index (κ3) is 4.70. The summed E-state index contributed by atoms with van der Waals surface area (Å²) in [4.78, 5) is 18.9. The van der Waals surface area contributed by atoms with Crippen LogP contribution < -0.4 is 5.32 Å². The van der Waals surface area contributed by atoms with Gasteiger partial charge in [0.2, 0.25) is 5.89 Å². The van der Waals surface area contributed by atoms with Crippen LogP contribution in [0, 0.1) is 12.8 Å². The lowest BCUT2D eigenvalue weighted by Crippen LogP contribution is -2.38. The highest BCUT2D eigenvalue weighted by atomic mass is 16.5. The number of likely N-dealkylation sites (tertiary alicyclic amines) is 1. The molecule has 0 bridgehead atoms. The number of urea groups is 1. The lowest BCUT2D eigenvalue weighted by molar-refractivity contribution is 0.0778. The zero-order chi connectivity index (χ0) is 19.3. The number of nitrogens with one attached hydrogen (secondary N) is 1. The molecule has 7 nitrogen and oxygen atoms in total. The fraction of sp³-hybridized carbons (Fsp3) is 0.571. The van der Waals surface area contributed by atoms with E-state index in [2.05, 4.69) is 46.6 Å². The minimum Gasteiger partial charge on any atom is -0.381 e. The first-order valence-electron chi connectivity index (χ1n) is 10.2. The topological polar surface area (TPSA) is 80.5 Å². The second kappa shape index (κ2) is 8.73. The highest BCUT2D eigenvalue weighted by Gasteiger charge is 2.28. The number of nitrogens with zero attached hydrogens (tertiary/aromatic N) is 3. The van der Waals surface area contributed by atoms with Gasteiger partial charge in [-0.25, -0.2) is 4.79 Å². The molecule has 2 aliphatic rings. The number of carbonyl (C=O) groups is 1. The van der Waals surface area contributed by atoms with Crippen LogP contribution in [-0.2, 0) is 17.7 Å². The van der Waals surface area contributed by atoms with Gasteiger partial charge in [-0.2, -0.15) is 4.98 Å². The fourth-order valence-electron chi connectivity index (χ4n) is 3.90. The zero-order valence-corrected chi connectivity index (χ0v) is 16.4. The molecule has 0 radical (unpaired) electrons. The largest absolute Gasteiger partial charge is 0.381 e. The zero-order valence-electron chi connectivity index (χ0n) is 16.4. The van der Waals surface area contributed by atoms with Crippen molar-refractivity contribution in [2.45, 2.75) is 45.1 Å². The molecular weight excluding hydrogens is 356 g/mol. The Hall–Kier alpha value is -2.41. The van der Waals surface area contributed by atoms with Crippen molar-refractivity contribution in [1.29, 1.82) is 0 Å². The van der Waals surface area contributed by atoms with Crippen molar-refractivity contribution in [3.05, 3.63) is 47.1 Å². The van der Waals surface area contributed by atoms with Crippen molar-refractivity contribution in [3.63, 3.8) is 0 Å². The third-order valence-corrected chi connectivity index (χ3v) is 5.66. The Balaban J connectivity index is 1.24. The monoisotopic (exact) mass is 384 g/mol. The molecule has 2 amide bonds. The van der Waals surface area contributed by atoms with Gasteiger partial charge in [-0.15, -0.1) is 0 Å². The van der Waals surface area contributed by atoms with Crippen LogP contribution in [0.5, 0.6) is 0 Å². The first-order valence-corrected chi connectivity index (χ1v) is 10.2. The maximum absolute atomic E-state index is 12.4. The number of amides is 2. The van der Waals surface area contributed by atoms with Crippen molar-refractivity contribution < 1.29 is 14.1 Å². The Morgan fingerprint density at radius 3 is 2.79 bits per heavy atom. The second-order valence-corrected chi connectivity index (χ2v) is 7.88. The Kier molecular flexibility index (Phi) is 5.90. The van der Waals surface area contributed by atoms with Crippen LogP contribution >= 0.6 is 0 Å². The smallest absolute Gasteiger partial charge is 0.317 e. The van der Waals surface area contributed by atoms with Gasteiger partial charge in [0.25, 0.3) is 0 Å². The van der Waals surface area contributed by atoms with Crippen molar-refractivity contribution >= 4 is 6.03 Å². The molecular formula is C21H28N4O3. The summed E-state index contributed by atoms with van der Waals surface area (Å²) in [7, 11) is 0. The Morgan fingerprint density at radius 2 is 2.00 bits per heavy atom. The Bertz CT molecular complexity index is 783. The molecule has 1 unspecified atom stereocenters. The molecule has 2 saturated heterocycles. The van der Waals surface area contributed by atoms with Gasteiger partial charge in [0, 0.05) is 45.2 Å². The SMILES string of the molecule is Cc1ccc(CNC(=O)N2CCC(Cc3noc(C4CCOCC4)n3)C2)cc1. The van der Waals surface area contributed by atoms with E-state index in [1.807, 2.05) is 4.90 Å². The maximum atomic E-state index is 12.4. The summed E-state index contributed by atoms with van der Waals surface area (Å²) in [5.74, 6) is 2.20. The van der Waals surface area contributed by atoms with Crippen LogP contribution in [0.4, 0.5) is 4.79 Å². The molecule has 4 rings (SSSR count). The van der Waals surface area contributed by atoms with Crippen LogP contribution in [0.1, 0.15) is 48.0 Å². The quantitative estimate of drug-likeness (QED) is 0.857. The van der Waals surface area contributed by atoms with Crippen LogP contribution in [0.2, 0.25) is 0 Å². The molecule has 1 N–H and O–H groups in total. The van der Waals surface area contributed by atoms with E-state index in [4.69, 9.17) is 9.26 Å². The number of rotatable bonds is 5. The van der Waals surface area contributed by atoms with Crippen LogP contribution in [0.25, 0.3) is 0 Å². The van der Waals surface area contributed by atoms with Gasteiger partial charge in [-0.05, 0) is 37.7 Å². The highest BCUT2D eigenvalue weighted by Crippen LogP contribution is 2.26. The minimum absolute atomic E-state index is 0.000850.